The SMILES string of the molecule is COc1ccc(CN2CCOCC3(C2)CN(c2ccoc2)C(=O)CO3)cc1. The molecule has 1 amide bonds. The molecule has 1 spiro atoms. The summed E-state index contributed by atoms with van der Waals surface area (Å²) in [5.41, 5.74) is 1.41. The zero-order valence-corrected chi connectivity index (χ0v) is 15.4. The third kappa shape index (κ3) is 4.00. The van der Waals surface area contributed by atoms with E-state index in [2.05, 4.69) is 17.0 Å². The first-order chi connectivity index (χ1) is 13.2. The van der Waals surface area contributed by atoms with Crippen LogP contribution in [0.3, 0.4) is 0 Å². The van der Waals surface area contributed by atoms with Crippen LogP contribution in [0.2, 0.25) is 0 Å². The molecule has 1 atom stereocenters. The molecule has 144 valence electrons. The van der Waals surface area contributed by atoms with E-state index in [1.165, 1.54) is 5.56 Å². The highest BCUT2D eigenvalue weighted by Crippen LogP contribution is 2.28. The minimum Gasteiger partial charge on any atom is -0.497 e. The van der Waals surface area contributed by atoms with Crippen molar-refractivity contribution in [1.82, 2.24) is 4.90 Å². The van der Waals surface area contributed by atoms with Crippen molar-refractivity contribution < 1.29 is 23.4 Å². The smallest absolute Gasteiger partial charge is 0.253 e. The minimum atomic E-state index is -0.547. The summed E-state index contributed by atoms with van der Waals surface area (Å²) in [7, 11) is 1.67. The first kappa shape index (κ1) is 18.0. The lowest BCUT2D eigenvalue weighted by Crippen LogP contribution is -2.60. The van der Waals surface area contributed by atoms with Gasteiger partial charge in [-0.05, 0) is 17.7 Å². The lowest BCUT2D eigenvalue weighted by atomic mass is 10.0. The number of ether oxygens (including phenoxy) is 3. The maximum absolute atomic E-state index is 12.3. The second-order valence-corrected chi connectivity index (χ2v) is 7.04. The maximum atomic E-state index is 12.3. The highest BCUT2D eigenvalue weighted by atomic mass is 16.6. The number of amides is 1. The summed E-state index contributed by atoms with van der Waals surface area (Å²) in [6, 6.07) is 9.87. The van der Waals surface area contributed by atoms with Crippen molar-refractivity contribution in [2.24, 2.45) is 0 Å². The summed E-state index contributed by atoms with van der Waals surface area (Å²) in [4.78, 5) is 16.4. The van der Waals surface area contributed by atoms with Crippen molar-refractivity contribution in [2.45, 2.75) is 12.1 Å². The van der Waals surface area contributed by atoms with Gasteiger partial charge >= 0.3 is 0 Å². The van der Waals surface area contributed by atoms with Gasteiger partial charge in [-0.25, -0.2) is 0 Å². The molecule has 27 heavy (non-hydrogen) atoms. The molecular weight excluding hydrogens is 348 g/mol. The van der Waals surface area contributed by atoms with Crippen LogP contribution in [0.4, 0.5) is 5.69 Å². The fraction of sp³-hybridized carbons (Fsp3) is 0.450. The van der Waals surface area contributed by atoms with Crippen LogP contribution in [0.5, 0.6) is 5.75 Å². The largest absolute Gasteiger partial charge is 0.497 e. The van der Waals surface area contributed by atoms with Crippen molar-refractivity contribution >= 4 is 11.6 Å². The van der Waals surface area contributed by atoms with Gasteiger partial charge in [0.15, 0.2) is 0 Å². The van der Waals surface area contributed by atoms with Crippen LogP contribution < -0.4 is 9.64 Å². The number of anilines is 1. The monoisotopic (exact) mass is 372 g/mol. The molecule has 2 aliphatic heterocycles. The Balaban J connectivity index is 1.49. The van der Waals surface area contributed by atoms with E-state index in [9.17, 15) is 4.79 Å². The lowest BCUT2D eigenvalue weighted by molar-refractivity contribution is -0.146. The predicted molar refractivity (Wildman–Crippen MR) is 98.8 cm³/mol. The summed E-state index contributed by atoms with van der Waals surface area (Å²) in [6.07, 6.45) is 3.16. The average Bonchev–Trinajstić information content (AvgIpc) is 3.15. The zero-order chi connectivity index (χ0) is 18.7. The molecule has 0 radical (unpaired) electrons. The Morgan fingerprint density at radius 3 is 2.78 bits per heavy atom. The summed E-state index contributed by atoms with van der Waals surface area (Å²) < 4.78 is 22.2. The van der Waals surface area contributed by atoms with Crippen LogP contribution in [0.15, 0.2) is 47.3 Å². The van der Waals surface area contributed by atoms with Crippen molar-refractivity contribution in [1.29, 1.82) is 0 Å². The van der Waals surface area contributed by atoms with Gasteiger partial charge in [-0.3, -0.25) is 9.69 Å². The number of carbonyl (C=O) groups is 1. The minimum absolute atomic E-state index is 0.0465. The third-order valence-electron chi connectivity index (χ3n) is 5.06. The van der Waals surface area contributed by atoms with Crippen LogP contribution >= 0.6 is 0 Å². The van der Waals surface area contributed by atoms with Gasteiger partial charge in [0.1, 0.15) is 24.2 Å². The second-order valence-electron chi connectivity index (χ2n) is 7.04. The van der Waals surface area contributed by atoms with E-state index in [4.69, 9.17) is 18.6 Å². The number of methoxy groups -OCH3 is 1. The molecular formula is C20H24N2O5. The molecule has 2 fully saturated rings. The van der Waals surface area contributed by atoms with Crippen LogP contribution in [0, 0.1) is 0 Å². The number of morpholine rings is 1. The fourth-order valence-electron chi connectivity index (χ4n) is 3.65. The van der Waals surface area contributed by atoms with E-state index < -0.39 is 5.60 Å². The number of hydrogen-bond acceptors (Lipinski definition) is 6. The van der Waals surface area contributed by atoms with Gasteiger partial charge in [0.25, 0.3) is 5.91 Å². The maximum Gasteiger partial charge on any atom is 0.253 e. The van der Waals surface area contributed by atoms with Gasteiger partial charge < -0.3 is 23.5 Å². The van der Waals surface area contributed by atoms with Gasteiger partial charge in [-0.2, -0.15) is 0 Å². The average molecular weight is 372 g/mol. The topological polar surface area (TPSA) is 64.4 Å². The number of carbonyl (C=O) groups excluding carboxylic acids is 1. The molecule has 3 heterocycles. The number of hydrogen-bond donors (Lipinski definition) is 0. The van der Waals surface area contributed by atoms with E-state index in [0.29, 0.717) is 26.3 Å². The normalized spacial score (nSPS) is 24.2. The highest BCUT2D eigenvalue weighted by Gasteiger charge is 2.43. The molecule has 1 aromatic carbocycles. The molecule has 2 saturated heterocycles. The van der Waals surface area contributed by atoms with E-state index >= 15 is 0 Å². The van der Waals surface area contributed by atoms with Gasteiger partial charge in [0.2, 0.25) is 0 Å². The summed E-state index contributed by atoms with van der Waals surface area (Å²) >= 11 is 0. The van der Waals surface area contributed by atoms with Crippen molar-refractivity contribution in [2.75, 3.05) is 51.5 Å². The third-order valence-corrected chi connectivity index (χ3v) is 5.06. The molecule has 0 bridgehead atoms. The molecule has 0 N–H and O–H groups in total. The first-order valence-electron chi connectivity index (χ1n) is 9.07. The molecule has 2 aliphatic rings. The Hall–Kier alpha value is -2.35. The highest BCUT2D eigenvalue weighted by molar-refractivity contribution is 5.95. The van der Waals surface area contributed by atoms with Crippen LogP contribution in [0.25, 0.3) is 0 Å². The van der Waals surface area contributed by atoms with E-state index in [-0.39, 0.29) is 12.5 Å². The Bertz CT molecular complexity index is 761. The lowest BCUT2D eigenvalue weighted by Gasteiger charge is -2.42. The molecule has 0 saturated carbocycles. The Morgan fingerprint density at radius 2 is 2.04 bits per heavy atom. The van der Waals surface area contributed by atoms with Crippen molar-refractivity contribution in [3.8, 4) is 5.75 Å². The molecule has 4 rings (SSSR count). The van der Waals surface area contributed by atoms with Gasteiger partial charge in [-0.15, -0.1) is 0 Å². The number of furan rings is 1. The first-order valence-corrected chi connectivity index (χ1v) is 9.07. The van der Waals surface area contributed by atoms with Crippen molar-refractivity contribution in [3.05, 3.63) is 48.4 Å². The van der Waals surface area contributed by atoms with Crippen LogP contribution in [-0.2, 0) is 20.8 Å². The Labute approximate surface area is 158 Å². The Kier molecular flexibility index (Phi) is 5.15. The summed E-state index contributed by atoms with van der Waals surface area (Å²) in [6.45, 7) is 3.90. The fourth-order valence-corrected chi connectivity index (χ4v) is 3.65. The molecule has 7 nitrogen and oxygen atoms in total. The number of benzene rings is 1. The zero-order valence-electron chi connectivity index (χ0n) is 15.4. The molecule has 7 heteroatoms. The van der Waals surface area contributed by atoms with Crippen molar-refractivity contribution in [3.63, 3.8) is 0 Å². The van der Waals surface area contributed by atoms with Gasteiger partial charge in [0, 0.05) is 25.7 Å². The number of rotatable bonds is 4. The second kappa shape index (κ2) is 7.72. The van der Waals surface area contributed by atoms with Crippen LogP contribution in [-0.4, -0.2) is 63.0 Å². The molecule has 1 aromatic heterocycles. The molecule has 0 aliphatic carbocycles. The van der Waals surface area contributed by atoms with Gasteiger partial charge in [-0.1, -0.05) is 12.1 Å². The number of nitrogens with zero attached hydrogens (tertiary/aromatic N) is 2. The Morgan fingerprint density at radius 1 is 1.19 bits per heavy atom. The summed E-state index contributed by atoms with van der Waals surface area (Å²) in [5, 5.41) is 0. The predicted octanol–water partition coefficient (Wildman–Crippen LogP) is 1.92. The van der Waals surface area contributed by atoms with E-state index in [1.54, 1.807) is 30.6 Å². The molecule has 2 aromatic rings. The van der Waals surface area contributed by atoms with Gasteiger partial charge in [0.05, 0.1) is 38.8 Å². The van der Waals surface area contributed by atoms with E-state index in [1.807, 2.05) is 12.1 Å². The van der Waals surface area contributed by atoms with E-state index in [0.717, 1.165) is 24.5 Å². The quantitative estimate of drug-likeness (QED) is 0.817. The standard InChI is InChI=1S/C20H24N2O5/c1-24-18-4-2-16(3-5-18)10-21-7-9-26-15-20(13-21)14-22(19(23)12-27-20)17-6-8-25-11-17/h2-6,8,11H,7,9-10,12-15H2,1H3. The van der Waals surface area contributed by atoms with Crippen LogP contribution in [0.1, 0.15) is 5.56 Å². The molecule has 1 unspecified atom stereocenters. The summed E-state index contributed by atoms with van der Waals surface area (Å²) in [5.74, 6) is 0.785.